The normalized spacial score (nSPS) is 20.2. The minimum absolute atomic E-state index is 0.285. The van der Waals surface area contributed by atoms with E-state index in [1.807, 2.05) is 0 Å². The molecule has 0 bridgehead atoms. The fraction of sp³-hybridized carbons (Fsp3) is 0.529. The Morgan fingerprint density at radius 1 is 1.44 bits per heavy atom. The van der Waals surface area contributed by atoms with Crippen LogP contribution in [-0.2, 0) is 4.79 Å². The SMILES string of the molecule is CNC(=O)S/C(C=O)=C\c1ccnc(N2CCC3(CC2)CC(N)C3)n1. The number of nitrogens with one attached hydrogen (secondary N) is 1. The highest BCUT2D eigenvalue weighted by Gasteiger charge is 2.44. The summed E-state index contributed by atoms with van der Waals surface area (Å²) in [6.45, 7) is 1.85. The average molecular weight is 361 g/mol. The highest BCUT2D eigenvalue weighted by atomic mass is 32.2. The van der Waals surface area contributed by atoms with Gasteiger partial charge in [0.2, 0.25) is 5.95 Å². The van der Waals surface area contributed by atoms with Gasteiger partial charge in [0.15, 0.2) is 6.29 Å². The molecule has 2 heterocycles. The molecule has 0 atom stereocenters. The van der Waals surface area contributed by atoms with E-state index in [-0.39, 0.29) is 5.24 Å². The number of hydrogen-bond donors (Lipinski definition) is 2. The van der Waals surface area contributed by atoms with Gasteiger partial charge in [0.25, 0.3) is 5.24 Å². The van der Waals surface area contributed by atoms with Crippen LogP contribution in [0.25, 0.3) is 6.08 Å². The average Bonchev–Trinajstić information content (AvgIpc) is 2.60. The van der Waals surface area contributed by atoms with Gasteiger partial charge in [0, 0.05) is 32.4 Å². The molecule has 8 heteroatoms. The van der Waals surface area contributed by atoms with Crippen LogP contribution >= 0.6 is 11.8 Å². The Labute approximate surface area is 151 Å². The molecule has 2 aliphatic rings. The second-order valence-electron chi connectivity index (χ2n) is 6.74. The number of piperidine rings is 1. The van der Waals surface area contributed by atoms with Crippen LogP contribution in [0.3, 0.4) is 0 Å². The molecular weight excluding hydrogens is 338 g/mol. The van der Waals surface area contributed by atoms with Crippen molar-refractivity contribution in [2.45, 2.75) is 31.7 Å². The molecule has 0 aromatic carbocycles. The Balaban J connectivity index is 1.67. The van der Waals surface area contributed by atoms with Crippen molar-refractivity contribution in [3.63, 3.8) is 0 Å². The van der Waals surface area contributed by atoms with Crippen LogP contribution in [0.5, 0.6) is 0 Å². The van der Waals surface area contributed by atoms with E-state index in [0.717, 1.165) is 50.5 Å². The van der Waals surface area contributed by atoms with E-state index < -0.39 is 0 Å². The van der Waals surface area contributed by atoms with Crippen LogP contribution in [0.2, 0.25) is 0 Å². The maximum Gasteiger partial charge on any atom is 0.283 e. The molecule has 1 spiro atoms. The van der Waals surface area contributed by atoms with E-state index in [4.69, 9.17) is 5.73 Å². The molecule has 1 saturated heterocycles. The summed E-state index contributed by atoms with van der Waals surface area (Å²) in [6, 6.07) is 2.10. The molecule has 1 saturated carbocycles. The van der Waals surface area contributed by atoms with E-state index in [1.54, 1.807) is 18.3 Å². The first-order valence-electron chi connectivity index (χ1n) is 8.44. The first kappa shape index (κ1) is 17.9. The third-order valence-corrected chi connectivity index (χ3v) is 5.82. The van der Waals surface area contributed by atoms with Crippen LogP contribution in [-0.4, -0.2) is 47.7 Å². The largest absolute Gasteiger partial charge is 0.350 e. The molecule has 3 rings (SSSR count). The van der Waals surface area contributed by atoms with Crippen LogP contribution < -0.4 is 16.0 Å². The second-order valence-corrected chi connectivity index (χ2v) is 7.79. The Morgan fingerprint density at radius 3 is 2.76 bits per heavy atom. The minimum Gasteiger partial charge on any atom is -0.350 e. The summed E-state index contributed by atoms with van der Waals surface area (Å²) in [6.07, 6.45) is 8.45. The van der Waals surface area contributed by atoms with E-state index in [2.05, 4.69) is 20.2 Å². The lowest BCUT2D eigenvalue weighted by Crippen LogP contribution is -2.52. The van der Waals surface area contributed by atoms with E-state index in [1.165, 1.54) is 7.05 Å². The number of carbonyl (C=O) groups excluding carboxylic acids is 2. The highest BCUT2D eigenvalue weighted by Crippen LogP contribution is 2.48. The lowest BCUT2D eigenvalue weighted by Gasteiger charge is -2.51. The van der Waals surface area contributed by atoms with Crippen LogP contribution in [0.4, 0.5) is 10.7 Å². The fourth-order valence-corrected chi connectivity index (χ4v) is 4.17. The van der Waals surface area contributed by atoms with Gasteiger partial charge in [-0.25, -0.2) is 9.97 Å². The van der Waals surface area contributed by atoms with Crippen LogP contribution in [0.1, 0.15) is 31.4 Å². The van der Waals surface area contributed by atoms with Crippen molar-refractivity contribution in [1.29, 1.82) is 0 Å². The standard InChI is InChI=1S/C17H23N5O2S/c1-19-16(24)25-14(11-23)8-13-2-5-20-15(21-13)22-6-3-17(4-7-22)9-12(18)10-17/h2,5,8,11-12H,3-4,6-7,9-10,18H2,1H3,(H,19,24)/b14-8-. The van der Waals surface area contributed by atoms with Gasteiger partial charge in [-0.2, -0.15) is 0 Å². The number of nitrogens with zero attached hydrogens (tertiary/aromatic N) is 3. The first-order valence-corrected chi connectivity index (χ1v) is 9.25. The summed E-state index contributed by atoms with van der Waals surface area (Å²) in [5.41, 5.74) is 7.00. The fourth-order valence-electron chi connectivity index (χ4n) is 3.63. The molecule has 1 aromatic rings. The first-order chi connectivity index (χ1) is 12.0. The Hall–Kier alpha value is -1.93. The molecule has 134 valence electrons. The van der Waals surface area contributed by atoms with Crippen molar-refractivity contribution in [3.8, 4) is 0 Å². The zero-order chi connectivity index (χ0) is 17.9. The third kappa shape index (κ3) is 4.19. The zero-order valence-corrected chi connectivity index (χ0v) is 15.1. The van der Waals surface area contributed by atoms with Gasteiger partial charge in [-0.1, -0.05) is 0 Å². The summed E-state index contributed by atoms with van der Waals surface area (Å²) in [4.78, 5) is 33.9. The number of carbonyl (C=O) groups is 2. The van der Waals surface area contributed by atoms with Crippen molar-refractivity contribution >= 4 is 35.3 Å². The zero-order valence-electron chi connectivity index (χ0n) is 14.3. The molecule has 1 aliphatic carbocycles. The molecule has 1 amide bonds. The molecule has 0 unspecified atom stereocenters. The maximum absolute atomic E-state index is 11.4. The van der Waals surface area contributed by atoms with Gasteiger partial charge in [0.1, 0.15) is 0 Å². The Bertz CT molecular complexity index is 677. The number of hydrogen-bond acceptors (Lipinski definition) is 7. The summed E-state index contributed by atoms with van der Waals surface area (Å²) >= 11 is 0.849. The monoisotopic (exact) mass is 361 g/mol. The molecular formula is C17H23N5O2S. The highest BCUT2D eigenvalue weighted by molar-refractivity contribution is 8.17. The predicted molar refractivity (Wildman–Crippen MR) is 99.2 cm³/mol. The summed E-state index contributed by atoms with van der Waals surface area (Å²) in [5, 5.41) is 2.19. The number of nitrogens with two attached hydrogens (primary N) is 1. The van der Waals surface area contributed by atoms with Gasteiger partial charge in [-0.3, -0.25) is 9.59 Å². The van der Waals surface area contributed by atoms with Crippen molar-refractivity contribution in [2.75, 3.05) is 25.0 Å². The summed E-state index contributed by atoms with van der Waals surface area (Å²) in [5.74, 6) is 0.669. The lowest BCUT2D eigenvalue weighted by atomic mass is 9.61. The number of thioether (sulfide) groups is 1. The molecule has 1 aliphatic heterocycles. The number of aromatic nitrogens is 2. The van der Waals surface area contributed by atoms with E-state index in [9.17, 15) is 9.59 Å². The molecule has 25 heavy (non-hydrogen) atoms. The summed E-state index contributed by atoms with van der Waals surface area (Å²) < 4.78 is 0. The van der Waals surface area contributed by atoms with Crippen LogP contribution in [0.15, 0.2) is 17.2 Å². The van der Waals surface area contributed by atoms with Gasteiger partial charge >= 0.3 is 0 Å². The quantitative estimate of drug-likeness (QED) is 0.623. The van der Waals surface area contributed by atoms with Gasteiger partial charge < -0.3 is 16.0 Å². The molecule has 3 N–H and O–H groups in total. The minimum atomic E-state index is -0.285. The van der Waals surface area contributed by atoms with E-state index >= 15 is 0 Å². The van der Waals surface area contributed by atoms with E-state index in [0.29, 0.717) is 34.3 Å². The lowest BCUT2D eigenvalue weighted by molar-refractivity contribution is -0.104. The van der Waals surface area contributed by atoms with Gasteiger partial charge in [0.05, 0.1) is 10.6 Å². The second kappa shape index (κ2) is 7.53. The Morgan fingerprint density at radius 2 is 2.16 bits per heavy atom. The molecule has 0 radical (unpaired) electrons. The number of allylic oxidation sites excluding steroid dienone is 1. The van der Waals surface area contributed by atoms with Crippen LogP contribution in [0, 0.1) is 5.41 Å². The number of anilines is 1. The third-order valence-electron chi connectivity index (χ3n) is 4.98. The molecule has 1 aromatic heterocycles. The van der Waals surface area contributed by atoms with Gasteiger partial charge in [-0.05, 0) is 55.0 Å². The van der Waals surface area contributed by atoms with Crippen molar-refractivity contribution in [3.05, 3.63) is 22.9 Å². The van der Waals surface area contributed by atoms with Crippen molar-refractivity contribution < 1.29 is 9.59 Å². The smallest absolute Gasteiger partial charge is 0.283 e. The topological polar surface area (TPSA) is 101 Å². The molecule has 7 nitrogen and oxygen atoms in total. The number of amides is 1. The molecule has 2 fully saturated rings. The van der Waals surface area contributed by atoms with Crippen molar-refractivity contribution in [1.82, 2.24) is 15.3 Å². The van der Waals surface area contributed by atoms with Crippen molar-refractivity contribution in [2.24, 2.45) is 11.1 Å². The predicted octanol–water partition coefficient (Wildman–Crippen LogP) is 1.80. The summed E-state index contributed by atoms with van der Waals surface area (Å²) in [7, 11) is 1.53. The Kier molecular flexibility index (Phi) is 5.39. The maximum atomic E-state index is 11.4. The number of aldehydes is 1. The number of rotatable bonds is 4. The van der Waals surface area contributed by atoms with Gasteiger partial charge in [-0.15, -0.1) is 0 Å².